The first kappa shape index (κ1) is 16.1. The van der Waals surface area contributed by atoms with Gasteiger partial charge in [-0.1, -0.05) is 31.5 Å². The Kier molecular flexibility index (Phi) is 5.48. The van der Waals surface area contributed by atoms with Crippen LogP contribution in [0.1, 0.15) is 26.3 Å². The Hall–Kier alpha value is -1.26. The average molecular weight is 310 g/mol. The summed E-state index contributed by atoms with van der Waals surface area (Å²) in [6, 6.07) is 5.75. The van der Waals surface area contributed by atoms with Gasteiger partial charge in [0.25, 0.3) is 0 Å². The van der Waals surface area contributed by atoms with Gasteiger partial charge >= 0.3 is 0 Å². The average Bonchev–Trinajstić information content (AvgIpc) is 2.43. The van der Waals surface area contributed by atoms with Crippen molar-refractivity contribution in [3.8, 4) is 0 Å². The van der Waals surface area contributed by atoms with Crippen molar-refractivity contribution < 1.29 is 4.79 Å². The summed E-state index contributed by atoms with van der Waals surface area (Å²) in [5.41, 5.74) is 2.24. The van der Waals surface area contributed by atoms with Gasteiger partial charge in [0.05, 0.1) is 0 Å². The highest BCUT2D eigenvalue weighted by molar-refractivity contribution is 6.30. The lowest BCUT2D eigenvalue weighted by Crippen LogP contribution is -2.54. The number of rotatable bonds is 5. The minimum Gasteiger partial charge on any atom is -0.358 e. The lowest BCUT2D eigenvalue weighted by atomic mass is 10.1. The Bertz CT molecular complexity index is 504. The fourth-order valence-corrected chi connectivity index (χ4v) is 2.73. The molecule has 1 amide bonds. The number of halogens is 1. The summed E-state index contributed by atoms with van der Waals surface area (Å²) in [4.78, 5) is 14.0. The van der Waals surface area contributed by atoms with Crippen molar-refractivity contribution in [2.75, 3.05) is 24.5 Å². The molecule has 1 fully saturated rings. The van der Waals surface area contributed by atoms with Gasteiger partial charge < -0.3 is 15.5 Å². The van der Waals surface area contributed by atoms with E-state index >= 15 is 0 Å². The van der Waals surface area contributed by atoms with E-state index in [0.717, 1.165) is 25.3 Å². The van der Waals surface area contributed by atoms with Crippen LogP contribution in [0.3, 0.4) is 0 Å². The van der Waals surface area contributed by atoms with Crippen LogP contribution >= 0.6 is 11.6 Å². The highest BCUT2D eigenvalue weighted by atomic mass is 35.5. The van der Waals surface area contributed by atoms with Crippen molar-refractivity contribution in [3.63, 3.8) is 0 Å². The summed E-state index contributed by atoms with van der Waals surface area (Å²) in [7, 11) is 0. The number of hydrogen-bond donors (Lipinski definition) is 2. The monoisotopic (exact) mass is 309 g/mol. The molecule has 0 aromatic heterocycles. The summed E-state index contributed by atoms with van der Waals surface area (Å²) >= 11 is 6.16. The lowest BCUT2D eigenvalue weighted by Gasteiger charge is -2.36. The van der Waals surface area contributed by atoms with Crippen molar-refractivity contribution in [2.45, 2.75) is 33.4 Å². The quantitative estimate of drug-likeness (QED) is 0.878. The fraction of sp³-hybridized carbons (Fsp3) is 0.562. The van der Waals surface area contributed by atoms with Crippen molar-refractivity contribution in [1.29, 1.82) is 0 Å². The van der Waals surface area contributed by atoms with Crippen LogP contribution in [0.4, 0.5) is 5.69 Å². The van der Waals surface area contributed by atoms with Gasteiger partial charge in [-0.25, -0.2) is 0 Å². The maximum absolute atomic E-state index is 11.9. The predicted octanol–water partition coefficient (Wildman–Crippen LogP) is 2.41. The maximum atomic E-state index is 11.9. The van der Waals surface area contributed by atoms with E-state index in [4.69, 9.17) is 11.6 Å². The van der Waals surface area contributed by atoms with Crippen molar-refractivity contribution in [3.05, 3.63) is 28.8 Å². The second kappa shape index (κ2) is 7.14. The molecule has 1 aromatic carbocycles. The first-order chi connectivity index (χ1) is 9.99. The molecule has 0 spiro atoms. The van der Waals surface area contributed by atoms with Crippen molar-refractivity contribution in [2.24, 2.45) is 5.92 Å². The van der Waals surface area contributed by atoms with Crippen LogP contribution in [0.25, 0.3) is 0 Å². The van der Waals surface area contributed by atoms with Crippen LogP contribution < -0.4 is 15.5 Å². The molecule has 1 saturated heterocycles. The van der Waals surface area contributed by atoms with Gasteiger partial charge in [0, 0.05) is 30.3 Å². The second-order valence-electron chi connectivity index (χ2n) is 5.96. The number of piperazine rings is 1. The second-order valence-corrected chi connectivity index (χ2v) is 6.39. The normalized spacial score (nSPS) is 19.0. The number of nitrogens with zero attached hydrogens (tertiary/aromatic N) is 1. The molecule has 1 unspecified atom stereocenters. The minimum atomic E-state index is -0.166. The van der Waals surface area contributed by atoms with Crippen LogP contribution in [-0.4, -0.2) is 31.6 Å². The van der Waals surface area contributed by atoms with E-state index in [1.165, 1.54) is 5.56 Å². The highest BCUT2D eigenvalue weighted by Crippen LogP contribution is 2.27. The Balaban J connectivity index is 2.20. The number of benzene rings is 1. The molecule has 1 atom stereocenters. The smallest absolute Gasteiger partial charge is 0.242 e. The third-order valence-corrected chi connectivity index (χ3v) is 3.96. The summed E-state index contributed by atoms with van der Waals surface area (Å²) in [6.45, 7) is 9.55. The van der Waals surface area contributed by atoms with Gasteiger partial charge in [0.1, 0.15) is 6.04 Å². The van der Waals surface area contributed by atoms with Gasteiger partial charge in [-0.2, -0.15) is 0 Å². The molecule has 0 radical (unpaired) electrons. The molecular formula is C16H24ClN3O. The van der Waals surface area contributed by atoms with Gasteiger partial charge in [0.15, 0.2) is 0 Å². The molecule has 1 heterocycles. The standard InChI is InChI=1S/C16H24ClN3O/c1-11(2)9-18-10-13-4-5-14(17)8-15(13)20-7-6-19-16(21)12(20)3/h4-5,8,11-12,18H,6-7,9-10H2,1-3H3,(H,19,21). The minimum absolute atomic E-state index is 0.0716. The van der Waals surface area contributed by atoms with E-state index in [-0.39, 0.29) is 11.9 Å². The first-order valence-electron chi connectivity index (χ1n) is 7.52. The lowest BCUT2D eigenvalue weighted by molar-refractivity contribution is -0.122. The van der Waals surface area contributed by atoms with Crippen LogP contribution in [0.5, 0.6) is 0 Å². The molecule has 5 heteroatoms. The Morgan fingerprint density at radius 1 is 1.48 bits per heavy atom. The number of nitrogens with one attached hydrogen (secondary N) is 2. The Labute approximate surface area is 131 Å². The Morgan fingerprint density at radius 3 is 2.95 bits per heavy atom. The molecule has 0 aliphatic carbocycles. The van der Waals surface area contributed by atoms with E-state index in [0.29, 0.717) is 17.5 Å². The zero-order chi connectivity index (χ0) is 15.4. The molecule has 116 valence electrons. The molecule has 1 aliphatic rings. The molecule has 2 rings (SSSR count). The van der Waals surface area contributed by atoms with E-state index < -0.39 is 0 Å². The van der Waals surface area contributed by atoms with Crippen LogP contribution in [0.15, 0.2) is 18.2 Å². The van der Waals surface area contributed by atoms with Gasteiger partial charge in [-0.05, 0) is 37.1 Å². The first-order valence-corrected chi connectivity index (χ1v) is 7.90. The number of anilines is 1. The molecule has 2 N–H and O–H groups in total. The maximum Gasteiger partial charge on any atom is 0.242 e. The molecule has 1 aromatic rings. The van der Waals surface area contributed by atoms with E-state index in [1.807, 2.05) is 25.1 Å². The van der Waals surface area contributed by atoms with Crippen LogP contribution in [-0.2, 0) is 11.3 Å². The van der Waals surface area contributed by atoms with Gasteiger partial charge in [-0.3, -0.25) is 4.79 Å². The topological polar surface area (TPSA) is 44.4 Å². The Morgan fingerprint density at radius 2 is 2.24 bits per heavy atom. The molecule has 1 aliphatic heterocycles. The van der Waals surface area contributed by atoms with Crippen molar-refractivity contribution >= 4 is 23.2 Å². The van der Waals surface area contributed by atoms with E-state index in [2.05, 4.69) is 29.4 Å². The zero-order valence-corrected chi connectivity index (χ0v) is 13.7. The number of carbonyl (C=O) groups excluding carboxylic acids is 1. The summed E-state index contributed by atoms with van der Waals surface area (Å²) in [5, 5.41) is 7.05. The SMILES string of the molecule is CC(C)CNCc1ccc(Cl)cc1N1CCNC(=O)C1C. The molecular weight excluding hydrogens is 286 g/mol. The van der Waals surface area contributed by atoms with Crippen molar-refractivity contribution in [1.82, 2.24) is 10.6 Å². The number of hydrogen-bond acceptors (Lipinski definition) is 3. The fourth-order valence-electron chi connectivity index (χ4n) is 2.56. The molecule has 21 heavy (non-hydrogen) atoms. The predicted molar refractivity (Wildman–Crippen MR) is 87.8 cm³/mol. The third-order valence-electron chi connectivity index (χ3n) is 3.72. The van der Waals surface area contributed by atoms with Crippen LogP contribution in [0, 0.1) is 5.92 Å². The highest BCUT2D eigenvalue weighted by Gasteiger charge is 2.27. The summed E-state index contributed by atoms with van der Waals surface area (Å²) < 4.78 is 0. The molecule has 0 bridgehead atoms. The number of carbonyl (C=O) groups is 1. The van der Waals surface area contributed by atoms with Gasteiger partial charge in [0.2, 0.25) is 5.91 Å². The molecule has 4 nitrogen and oxygen atoms in total. The third kappa shape index (κ3) is 4.11. The van der Waals surface area contributed by atoms with E-state index in [1.54, 1.807) is 0 Å². The zero-order valence-electron chi connectivity index (χ0n) is 12.9. The molecule has 0 saturated carbocycles. The van der Waals surface area contributed by atoms with E-state index in [9.17, 15) is 4.79 Å². The summed E-state index contributed by atoms with van der Waals surface area (Å²) in [5.74, 6) is 0.683. The summed E-state index contributed by atoms with van der Waals surface area (Å²) in [6.07, 6.45) is 0. The number of amides is 1. The van der Waals surface area contributed by atoms with Crippen LogP contribution in [0.2, 0.25) is 5.02 Å². The van der Waals surface area contributed by atoms with Gasteiger partial charge in [-0.15, -0.1) is 0 Å². The largest absolute Gasteiger partial charge is 0.358 e.